The number of carbonyl (C=O) groups is 1. The Morgan fingerprint density at radius 1 is 0.938 bits per heavy atom. The maximum absolute atomic E-state index is 12.2. The van der Waals surface area contributed by atoms with Crippen molar-refractivity contribution in [3.8, 4) is 0 Å². The number of hydrogen-bond acceptors (Lipinski definition) is 2. The van der Waals surface area contributed by atoms with E-state index >= 15 is 0 Å². The van der Waals surface area contributed by atoms with Crippen molar-refractivity contribution in [3.05, 3.63) is 99.2 Å². The van der Waals surface area contributed by atoms with Crippen molar-refractivity contribution < 1.29 is 4.79 Å². The molecule has 32 heavy (non-hydrogen) atoms. The molecule has 0 unspecified atom stereocenters. The maximum Gasteiger partial charge on any atom is 0.252 e. The van der Waals surface area contributed by atoms with Crippen molar-refractivity contribution in [2.75, 3.05) is 6.54 Å². The number of imidazole rings is 1. The highest BCUT2D eigenvalue weighted by molar-refractivity contribution is 9.10. The van der Waals surface area contributed by atoms with Crippen LogP contribution < -0.4 is 5.32 Å². The lowest BCUT2D eigenvalue weighted by Gasteiger charge is -2.10. The summed E-state index contributed by atoms with van der Waals surface area (Å²) < 4.78 is 3.40. The van der Waals surface area contributed by atoms with Crippen molar-refractivity contribution in [1.29, 1.82) is 0 Å². The van der Waals surface area contributed by atoms with E-state index in [1.807, 2.05) is 18.2 Å². The number of fused-ring (bicyclic) bond motifs is 1. The highest BCUT2D eigenvalue weighted by Gasteiger charge is 2.11. The van der Waals surface area contributed by atoms with Crippen molar-refractivity contribution in [1.82, 2.24) is 14.9 Å². The summed E-state index contributed by atoms with van der Waals surface area (Å²) in [4.78, 5) is 17.1. The Morgan fingerprint density at radius 3 is 2.50 bits per heavy atom. The zero-order valence-corrected chi connectivity index (χ0v) is 20.1. The lowest BCUT2D eigenvalue weighted by molar-refractivity contribution is 0.0953. The van der Waals surface area contributed by atoms with E-state index in [0.29, 0.717) is 17.1 Å². The summed E-state index contributed by atoms with van der Waals surface area (Å²) in [6, 6.07) is 23.9. The topological polar surface area (TPSA) is 46.9 Å². The summed E-state index contributed by atoms with van der Waals surface area (Å²) in [6.45, 7) is 1.44. The first-order valence-corrected chi connectivity index (χ1v) is 12.0. The van der Waals surface area contributed by atoms with Gasteiger partial charge < -0.3 is 9.88 Å². The molecule has 0 spiro atoms. The van der Waals surface area contributed by atoms with Crippen LogP contribution in [-0.2, 0) is 13.0 Å². The number of halogens is 2. The minimum absolute atomic E-state index is 0.119. The number of nitrogens with one attached hydrogen (secondary N) is 1. The Balaban J connectivity index is 1.32. The summed E-state index contributed by atoms with van der Waals surface area (Å²) in [6.07, 6.45) is 3.86. The number of aromatic nitrogens is 2. The molecule has 1 aromatic heterocycles. The lowest BCUT2D eigenvalue weighted by atomic mass is 10.1. The molecule has 3 aromatic carbocycles. The molecule has 0 bridgehead atoms. The van der Waals surface area contributed by atoms with Gasteiger partial charge in [-0.2, -0.15) is 0 Å². The number of nitrogens with zero attached hydrogens (tertiary/aromatic N) is 2. The Hall–Kier alpha value is -2.63. The van der Waals surface area contributed by atoms with E-state index in [0.717, 1.165) is 53.6 Å². The molecule has 1 amide bonds. The fourth-order valence-electron chi connectivity index (χ4n) is 3.79. The summed E-state index contributed by atoms with van der Waals surface area (Å²) in [5.74, 6) is 0.987. The average molecular weight is 511 g/mol. The van der Waals surface area contributed by atoms with Gasteiger partial charge in [0.1, 0.15) is 5.82 Å². The number of carbonyl (C=O) groups excluding carboxylic acids is 1. The molecule has 1 N–H and O–H groups in total. The van der Waals surface area contributed by atoms with Crippen LogP contribution in [0.25, 0.3) is 11.0 Å². The van der Waals surface area contributed by atoms with Crippen LogP contribution in [0.15, 0.2) is 77.3 Å². The minimum atomic E-state index is -0.119. The Kier molecular flexibility index (Phi) is 7.61. The van der Waals surface area contributed by atoms with Gasteiger partial charge in [-0.25, -0.2) is 4.98 Å². The third-order valence-corrected chi connectivity index (χ3v) is 6.33. The van der Waals surface area contributed by atoms with E-state index in [4.69, 9.17) is 16.6 Å². The van der Waals surface area contributed by atoms with Crippen LogP contribution in [0.1, 0.15) is 41.0 Å². The number of aryl methyl sites for hydroxylation is 1. The van der Waals surface area contributed by atoms with Gasteiger partial charge in [-0.1, -0.05) is 70.3 Å². The third kappa shape index (κ3) is 5.59. The highest BCUT2D eigenvalue weighted by Crippen LogP contribution is 2.21. The van der Waals surface area contributed by atoms with Crippen LogP contribution >= 0.6 is 27.5 Å². The number of unbranched alkanes of at least 4 members (excludes halogenated alkanes) is 2. The second-order valence-corrected chi connectivity index (χ2v) is 9.10. The molecule has 0 radical (unpaired) electrons. The smallest absolute Gasteiger partial charge is 0.252 e. The quantitative estimate of drug-likeness (QED) is 0.256. The van der Waals surface area contributed by atoms with Gasteiger partial charge in [-0.3, -0.25) is 4.79 Å². The van der Waals surface area contributed by atoms with E-state index in [1.54, 1.807) is 12.1 Å². The first kappa shape index (κ1) is 22.6. The normalized spacial score (nSPS) is 11.1. The first-order valence-electron chi connectivity index (χ1n) is 10.8. The van der Waals surface area contributed by atoms with Gasteiger partial charge in [0.05, 0.1) is 21.6 Å². The Morgan fingerprint density at radius 2 is 1.69 bits per heavy atom. The molecule has 1 heterocycles. The van der Waals surface area contributed by atoms with Crippen LogP contribution in [0.4, 0.5) is 0 Å². The molecular formula is C26H25BrClN3O. The molecule has 0 aliphatic carbocycles. The molecule has 0 saturated heterocycles. The van der Waals surface area contributed by atoms with Crippen molar-refractivity contribution in [2.45, 2.75) is 32.2 Å². The van der Waals surface area contributed by atoms with Gasteiger partial charge in [0.25, 0.3) is 5.91 Å². The zero-order valence-electron chi connectivity index (χ0n) is 17.7. The molecule has 0 aliphatic heterocycles. The molecule has 0 saturated carbocycles. The summed E-state index contributed by atoms with van der Waals surface area (Å²) in [5, 5.41) is 3.44. The van der Waals surface area contributed by atoms with Crippen LogP contribution in [-0.4, -0.2) is 22.0 Å². The van der Waals surface area contributed by atoms with Gasteiger partial charge in [-0.05, 0) is 54.8 Å². The second kappa shape index (κ2) is 10.8. The summed E-state index contributed by atoms with van der Waals surface area (Å²) in [7, 11) is 0. The molecule has 164 valence electrons. The number of hydrogen-bond donors (Lipinski definition) is 1. The van der Waals surface area contributed by atoms with Crippen molar-refractivity contribution in [3.63, 3.8) is 0 Å². The van der Waals surface area contributed by atoms with Gasteiger partial charge in [0.2, 0.25) is 0 Å². The van der Waals surface area contributed by atoms with Crippen LogP contribution in [0, 0.1) is 0 Å². The molecule has 6 heteroatoms. The van der Waals surface area contributed by atoms with E-state index in [-0.39, 0.29) is 5.91 Å². The molecular weight excluding hydrogens is 486 g/mol. The van der Waals surface area contributed by atoms with E-state index in [9.17, 15) is 4.79 Å². The predicted molar refractivity (Wildman–Crippen MR) is 134 cm³/mol. The fraction of sp³-hybridized carbons (Fsp3) is 0.231. The van der Waals surface area contributed by atoms with Crippen LogP contribution in [0.5, 0.6) is 0 Å². The molecule has 4 nitrogen and oxygen atoms in total. The monoisotopic (exact) mass is 509 g/mol. The van der Waals surface area contributed by atoms with Gasteiger partial charge in [-0.15, -0.1) is 0 Å². The van der Waals surface area contributed by atoms with Crippen LogP contribution in [0.3, 0.4) is 0 Å². The van der Waals surface area contributed by atoms with Gasteiger partial charge >= 0.3 is 0 Å². The Bertz CT molecular complexity index is 1200. The molecule has 0 aliphatic rings. The predicted octanol–water partition coefficient (Wildman–Crippen LogP) is 6.64. The third-order valence-electron chi connectivity index (χ3n) is 5.47. The largest absolute Gasteiger partial charge is 0.352 e. The average Bonchev–Trinajstić information content (AvgIpc) is 3.15. The summed E-state index contributed by atoms with van der Waals surface area (Å²) in [5.41, 5.74) is 3.97. The second-order valence-electron chi connectivity index (χ2n) is 7.78. The number of rotatable bonds is 9. The lowest BCUT2D eigenvalue weighted by Crippen LogP contribution is -2.24. The number of para-hydroxylation sites is 2. The fourth-order valence-corrected chi connectivity index (χ4v) is 4.28. The molecule has 0 fully saturated rings. The van der Waals surface area contributed by atoms with E-state index in [1.165, 1.54) is 5.56 Å². The van der Waals surface area contributed by atoms with Gasteiger partial charge in [0, 0.05) is 24.0 Å². The zero-order chi connectivity index (χ0) is 22.3. The molecule has 4 aromatic rings. The number of amides is 1. The summed E-state index contributed by atoms with van der Waals surface area (Å²) >= 11 is 9.60. The standard InChI is InChI=1S/C26H25BrClN3O/c27-20-15-13-19(14-16-20)18-31-24-11-6-5-10-23(24)30-25(31)12-2-1-7-17-29-26(32)21-8-3-4-9-22(21)28/h3-6,8-11,13-16H,1-2,7,12,17-18H2,(H,29,32). The van der Waals surface area contributed by atoms with Crippen molar-refractivity contribution >= 4 is 44.5 Å². The number of benzene rings is 3. The van der Waals surface area contributed by atoms with Crippen LogP contribution in [0.2, 0.25) is 5.02 Å². The Labute approximate surface area is 201 Å². The van der Waals surface area contributed by atoms with E-state index < -0.39 is 0 Å². The first-order chi connectivity index (χ1) is 15.6. The highest BCUT2D eigenvalue weighted by atomic mass is 79.9. The molecule has 0 atom stereocenters. The molecule has 4 rings (SSSR count). The van der Waals surface area contributed by atoms with Gasteiger partial charge in [0.15, 0.2) is 0 Å². The van der Waals surface area contributed by atoms with Crippen molar-refractivity contribution in [2.24, 2.45) is 0 Å². The van der Waals surface area contributed by atoms with E-state index in [2.05, 4.69) is 68.3 Å². The minimum Gasteiger partial charge on any atom is -0.352 e. The maximum atomic E-state index is 12.2. The SMILES string of the molecule is O=C(NCCCCCc1nc2ccccc2n1Cc1ccc(Br)cc1)c1ccccc1Cl.